The maximum absolute atomic E-state index is 5.68. The molecule has 3 rings (SSSR count). The lowest BCUT2D eigenvalue weighted by Crippen LogP contribution is -2.36. The Bertz CT molecular complexity index is 516. The number of anilines is 1. The topological polar surface area (TPSA) is 55.8 Å². The van der Waals surface area contributed by atoms with E-state index in [0.717, 1.165) is 37.5 Å². The summed E-state index contributed by atoms with van der Waals surface area (Å²) in [6.07, 6.45) is 3.84. The molecule has 0 unspecified atom stereocenters. The Morgan fingerprint density at radius 1 is 1.35 bits per heavy atom. The molecular formula is C12H16N4O. The van der Waals surface area contributed by atoms with Crippen molar-refractivity contribution in [3.63, 3.8) is 0 Å². The van der Waals surface area contributed by atoms with Crippen molar-refractivity contribution in [2.75, 3.05) is 31.2 Å². The number of pyridine rings is 1. The highest BCUT2D eigenvalue weighted by Crippen LogP contribution is 2.20. The third-order valence-electron chi connectivity index (χ3n) is 3.17. The smallest absolute Gasteiger partial charge is 0.0996 e. The van der Waals surface area contributed by atoms with Crippen LogP contribution in [0.3, 0.4) is 0 Å². The third-order valence-corrected chi connectivity index (χ3v) is 3.17. The van der Waals surface area contributed by atoms with Crippen molar-refractivity contribution >= 4 is 11.2 Å². The van der Waals surface area contributed by atoms with Gasteiger partial charge in [0.25, 0.3) is 0 Å². The van der Waals surface area contributed by atoms with Gasteiger partial charge in [-0.3, -0.25) is 0 Å². The second-order valence-electron chi connectivity index (χ2n) is 4.17. The van der Waals surface area contributed by atoms with Gasteiger partial charge < -0.3 is 19.8 Å². The fourth-order valence-corrected chi connectivity index (χ4v) is 2.21. The normalized spacial score (nSPS) is 16.6. The van der Waals surface area contributed by atoms with Crippen molar-refractivity contribution in [3.05, 3.63) is 30.4 Å². The summed E-state index contributed by atoms with van der Waals surface area (Å²) in [5.41, 5.74) is 8.94. The van der Waals surface area contributed by atoms with Crippen LogP contribution < -0.4 is 10.6 Å². The summed E-state index contributed by atoms with van der Waals surface area (Å²) in [4.78, 5) is 6.62. The predicted octanol–water partition coefficient (Wildman–Crippen LogP) is 0.630. The molecule has 1 saturated heterocycles. The van der Waals surface area contributed by atoms with Crippen LogP contribution in [0.2, 0.25) is 0 Å². The molecule has 1 aliphatic heterocycles. The minimum atomic E-state index is 0.475. The van der Waals surface area contributed by atoms with E-state index in [1.165, 1.54) is 5.69 Å². The summed E-state index contributed by atoms with van der Waals surface area (Å²) in [6, 6.07) is 4.26. The van der Waals surface area contributed by atoms with E-state index in [1.54, 1.807) is 6.33 Å². The fraction of sp³-hybridized carbons (Fsp3) is 0.417. The molecule has 5 nitrogen and oxygen atoms in total. The minimum Gasteiger partial charge on any atom is -0.378 e. The third kappa shape index (κ3) is 1.87. The monoisotopic (exact) mass is 232 g/mol. The molecule has 17 heavy (non-hydrogen) atoms. The van der Waals surface area contributed by atoms with E-state index >= 15 is 0 Å². The molecule has 0 bridgehead atoms. The second kappa shape index (κ2) is 4.35. The van der Waals surface area contributed by atoms with E-state index < -0.39 is 0 Å². The number of nitrogens with two attached hydrogens (primary N) is 1. The molecule has 2 aromatic heterocycles. The molecule has 2 aromatic rings. The van der Waals surface area contributed by atoms with Gasteiger partial charge in [0.15, 0.2) is 0 Å². The predicted molar refractivity (Wildman–Crippen MR) is 66.1 cm³/mol. The number of fused-ring (bicyclic) bond motifs is 1. The quantitative estimate of drug-likeness (QED) is 0.825. The molecule has 0 amide bonds. The molecule has 3 heterocycles. The number of hydrogen-bond acceptors (Lipinski definition) is 4. The molecule has 90 valence electrons. The van der Waals surface area contributed by atoms with Crippen molar-refractivity contribution in [3.8, 4) is 0 Å². The summed E-state index contributed by atoms with van der Waals surface area (Å²) >= 11 is 0. The zero-order valence-corrected chi connectivity index (χ0v) is 9.67. The van der Waals surface area contributed by atoms with E-state index in [0.29, 0.717) is 6.54 Å². The van der Waals surface area contributed by atoms with Gasteiger partial charge in [0.05, 0.1) is 30.8 Å². The van der Waals surface area contributed by atoms with Crippen LogP contribution >= 0.6 is 0 Å². The first-order valence-electron chi connectivity index (χ1n) is 5.87. The number of aromatic nitrogens is 2. The average molecular weight is 232 g/mol. The van der Waals surface area contributed by atoms with Gasteiger partial charge in [-0.25, -0.2) is 4.98 Å². The molecule has 5 heteroatoms. The molecule has 0 atom stereocenters. The van der Waals surface area contributed by atoms with Gasteiger partial charge in [-0.05, 0) is 12.1 Å². The highest BCUT2D eigenvalue weighted by Gasteiger charge is 2.12. The van der Waals surface area contributed by atoms with E-state index in [4.69, 9.17) is 10.5 Å². The number of nitrogens with zero attached hydrogens (tertiary/aromatic N) is 3. The lowest BCUT2D eigenvalue weighted by molar-refractivity contribution is 0.122. The molecule has 0 aliphatic carbocycles. The number of ether oxygens (including phenoxy) is 1. The first kappa shape index (κ1) is 10.6. The van der Waals surface area contributed by atoms with E-state index in [2.05, 4.69) is 22.0 Å². The Morgan fingerprint density at radius 2 is 2.18 bits per heavy atom. The maximum Gasteiger partial charge on any atom is 0.0996 e. The number of rotatable bonds is 2. The Kier molecular flexibility index (Phi) is 2.70. The molecular weight excluding hydrogens is 216 g/mol. The SMILES string of the molecule is NCc1ncn2ccc(N3CCOCC3)cc12. The van der Waals surface area contributed by atoms with Crippen LogP contribution in [0.25, 0.3) is 5.52 Å². The zero-order chi connectivity index (χ0) is 11.7. The van der Waals surface area contributed by atoms with Crippen LogP contribution in [0.15, 0.2) is 24.7 Å². The lowest BCUT2D eigenvalue weighted by Gasteiger charge is -2.28. The molecule has 0 aromatic carbocycles. The van der Waals surface area contributed by atoms with Crippen molar-refractivity contribution in [2.45, 2.75) is 6.54 Å². The maximum atomic E-state index is 5.68. The average Bonchev–Trinajstić information content (AvgIpc) is 2.81. The Morgan fingerprint density at radius 3 is 2.94 bits per heavy atom. The largest absolute Gasteiger partial charge is 0.378 e. The molecule has 0 spiro atoms. The van der Waals surface area contributed by atoms with Gasteiger partial charge in [0.1, 0.15) is 0 Å². The summed E-state index contributed by atoms with van der Waals surface area (Å²) in [7, 11) is 0. The van der Waals surface area contributed by atoms with Gasteiger partial charge in [0.2, 0.25) is 0 Å². The molecule has 1 aliphatic rings. The van der Waals surface area contributed by atoms with Crippen molar-refractivity contribution in [1.29, 1.82) is 0 Å². The summed E-state index contributed by atoms with van der Waals surface area (Å²) < 4.78 is 7.37. The molecule has 1 fully saturated rings. The van der Waals surface area contributed by atoms with Crippen molar-refractivity contribution in [2.24, 2.45) is 5.73 Å². The lowest BCUT2D eigenvalue weighted by atomic mass is 10.2. The summed E-state index contributed by atoms with van der Waals surface area (Å²) in [6.45, 7) is 3.97. The van der Waals surface area contributed by atoms with Gasteiger partial charge in [-0.1, -0.05) is 0 Å². The Labute approximate surface area is 99.8 Å². The van der Waals surface area contributed by atoms with Crippen molar-refractivity contribution < 1.29 is 4.74 Å². The Balaban J connectivity index is 1.99. The molecule has 0 radical (unpaired) electrons. The Hall–Kier alpha value is -1.59. The highest BCUT2D eigenvalue weighted by molar-refractivity contribution is 5.62. The van der Waals surface area contributed by atoms with Crippen LogP contribution in [0, 0.1) is 0 Å². The second-order valence-corrected chi connectivity index (χ2v) is 4.17. The fourth-order valence-electron chi connectivity index (χ4n) is 2.21. The molecule has 2 N–H and O–H groups in total. The first-order chi connectivity index (χ1) is 8.38. The number of hydrogen-bond donors (Lipinski definition) is 1. The zero-order valence-electron chi connectivity index (χ0n) is 9.67. The van der Waals surface area contributed by atoms with Crippen LogP contribution in [0.5, 0.6) is 0 Å². The van der Waals surface area contributed by atoms with Gasteiger partial charge >= 0.3 is 0 Å². The standard InChI is InChI=1S/C12H16N4O/c13-8-11-12-7-10(1-2-16(12)9-14-11)15-3-5-17-6-4-15/h1-2,7,9H,3-6,8,13H2. The van der Waals surface area contributed by atoms with Crippen LogP contribution in [-0.4, -0.2) is 35.7 Å². The first-order valence-corrected chi connectivity index (χ1v) is 5.87. The van der Waals surface area contributed by atoms with Crippen LogP contribution in [0.1, 0.15) is 5.69 Å². The van der Waals surface area contributed by atoms with E-state index in [-0.39, 0.29) is 0 Å². The van der Waals surface area contributed by atoms with E-state index in [1.807, 2.05) is 10.6 Å². The number of morpholine rings is 1. The highest BCUT2D eigenvalue weighted by atomic mass is 16.5. The van der Waals surface area contributed by atoms with Crippen molar-refractivity contribution in [1.82, 2.24) is 9.38 Å². The molecule has 0 saturated carbocycles. The van der Waals surface area contributed by atoms with Gasteiger partial charge in [-0.2, -0.15) is 0 Å². The van der Waals surface area contributed by atoms with Gasteiger partial charge in [0, 0.05) is 31.5 Å². The van der Waals surface area contributed by atoms with Crippen LogP contribution in [-0.2, 0) is 11.3 Å². The number of imidazole rings is 1. The van der Waals surface area contributed by atoms with Gasteiger partial charge in [-0.15, -0.1) is 0 Å². The van der Waals surface area contributed by atoms with E-state index in [9.17, 15) is 0 Å². The van der Waals surface area contributed by atoms with Crippen LogP contribution in [0.4, 0.5) is 5.69 Å². The minimum absolute atomic E-state index is 0.475. The summed E-state index contributed by atoms with van der Waals surface area (Å²) in [5, 5.41) is 0. The summed E-state index contributed by atoms with van der Waals surface area (Å²) in [5.74, 6) is 0.